The minimum absolute atomic E-state index is 0.503. The van der Waals surface area contributed by atoms with Crippen LogP contribution in [0.3, 0.4) is 0 Å². The van der Waals surface area contributed by atoms with Crippen LogP contribution < -0.4 is 9.47 Å². The minimum Gasteiger partial charge on any atom is -0.494 e. The van der Waals surface area contributed by atoms with Gasteiger partial charge in [0.05, 0.1) is 19.9 Å². The van der Waals surface area contributed by atoms with Crippen molar-refractivity contribution in [1.82, 2.24) is 14.8 Å². The number of aromatic nitrogens is 3. The van der Waals surface area contributed by atoms with Crippen molar-refractivity contribution < 1.29 is 13.9 Å². The van der Waals surface area contributed by atoms with E-state index in [-0.39, 0.29) is 0 Å². The van der Waals surface area contributed by atoms with Crippen molar-refractivity contribution in [1.29, 1.82) is 0 Å². The molecule has 10 heteroatoms. The summed E-state index contributed by atoms with van der Waals surface area (Å²) in [4.78, 5) is 0. The molecule has 0 N–H and O–H groups in total. The third-order valence-corrected chi connectivity index (χ3v) is 5.09. The van der Waals surface area contributed by atoms with Crippen molar-refractivity contribution in [2.24, 2.45) is 15.4 Å². The van der Waals surface area contributed by atoms with Gasteiger partial charge >= 0.3 is 0 Å². The highest BCUT2D eigenvalue weighted by Gasteiger charge is 2.24. The lowest BCUT2D eigenvalue weighted by Crippen LogP contribution is -2.07. The quantitative estimate of drug-likeness (QED) is 0.562. The van der Waals surface area contributed by atoms with Crippen LogP contribution in [0, 0.1) is 6.92 Å². The molecular weight excluding hydrogens is 380 g/mol. The summed E-state index contributed by atoms with van der Waals surface area (Å²) in [6.45, 7) is 2.39. The number of thioether (sulfide) groups is 1. The van der Waals surface area contributed by atoms with Gasteiger partial charge in [0.2, 0.25) is 5.82 Å². The molecule has 1 aromatic carbocycles. The summed E-state index contributed by atoms with van der Waals surface area (Å²) >= 11 is 1.49. The number of hydrogen-bond donors (Lipinski definition) is 0. The largest absolute Gasteiger partial charge is 0.494 e. The van der Waals surface area contributed by atoms with Gasteiger partial charge in [-0.25, -0.2) is 0 Å². The van der Waals surface area contributed by atoms with Gasteiger partial charge in [-0.15, -0.1) is 15.3 Å². The molecule has 1 aliphatic rings. The maximum absolute atomic E-state index is 5.80. The highest BCUT2D eigenvalue weighted by Crippen LogP contribution is 2.38. The fourth-order valence-corrected chi connectivity index (χ4v) is 3.64. The van der Waals surface area contributed by atoms with E-state index in [9.17, 15) is 0 Å². The lowest BCUT2D eigenvalue weighted by Gasteiger charge is -2.16. The normalized spacial score (nSPS) is 13.0. The molecule has 9 nitrogen and oxygen atoms in total. The third-order valence-electron chi connectivity index (χ3n) is 4.09. The van der Waals surface area contributed by atoms with E-state index >= 15 is 0 Å². The SMILES string of the molecule is COc1cccc(OC)c1-n1c(SCC2=NN=NC2)nnc1-c1ccc(C)o1. The Morgan fingerprint density at radius 3 is 2.50 bits per heavy atom. The van der Waals surface area contributed by atoms with Crippen molar-refractivity contribution in [3.8, 4) is 28.8 Å². The molecule has 0 atom stereocenters. The van der Waals surface area contributed by atoms with E-state index in [1.54, 1.807) is 14.2 Å². The number of nitrogens with zero attached hydrogens (tertiary/aromatic N) is 6. The first-order valence-electron chi connectivity index (χ1n) is 8.50. The summed E-state index contributed by atoms with van der Waals surface area (Å²) in [5.41, 5.74) is 1.58. The molecule has 0 unspecified atom stereocenters. The number of benzene rings is 1. The molecule has 0 fully saturated rings. The summed E-state index contributed by atoms with van der Waals surface area (Å²) in [5.74, 6) is 3.81. The fourth-order valence-electron chi connectivity index (χ4n) is 2.79. The number of ether oxygens (including phenoxy) is 2. The monoisotopic (exact) mass is 398 g/mol. The first kappa shape index (κ1) is 18.2. The van der Waals surface area contributed by atoms with Gasteiger partial charge in [0.1, 0.15) is 29.5 Å². The number of hydrogen-bond acceptors (Lipinski definition) is 9. The molecule has 0 saturated heterocycles. The maximum Gasteiger partial charge on any atom is 0.205 e. The zero-order valence-corrected chi connectivity index (χ0v) is 16.4. The summed E-state index contributed by atoms with van der Waals surface area (Å²) in [6.07, 6.45) is 0. The second-order valence-electron chi connectivity index (χ2n) is 5.91. The van der Waals surface area contributed by atoms with E-state index in [4.69, 9.17) is 13.9 Å². The number of rotatable bonds is 7. The zero-order chi connectivity index (χ0) is 19.5. The topological polar surface area (TPSA) is 99.4 Å². The molecule has 2 aromatic heterocycles. The van der Waals surface area contributed by atoms with Gasteiger partial charge in [0.15, 0.2) is 10.9 Å². The van der Waals surface area contributed by atoms with Gasteiger partial charge in [-0.05, 0) is 36.4 Å². The summed E-state index contributed by atoms with van der Waals surface area (Å²) in [5, 5.41) is 21.0. The van der Waals surface area contributed by atoms with Crippen molar-refractivity contribution in [2.45, 2.75) is 12.1 Å². The van der Waals surface area contributed by atoms with Gasteiger partial charge in [0, 0.05) is 5.75 Å². The van der Waals surface area contributed by atoms with Gasteiger partial charge in [0.25, 0.3) is 0 Å². The van der Waals surface area contributed by atoms with Crippen LogP contribution in [0.25, 0.3) is 17.3 Å². The Balaban J connectivity index is 1.84. The van der Waals surface area contributed by atoms with Crippen LogP contribution in [-0.4, -0.2) is 47.0 Å². The molecule has 3 heterocycles. The molecule has 0 bridgehead atoms. The lowest BCUT2D eigenvalue weighted by atomic mass is 10.2. The number of aryl methyl sites for hydroxylation is 1. The van der Waals surface area contributed by atoms with Crippen LogP contribution in [-0.2, 0) is 0 Å². The van der Waals surface area contributed by atoms with Crippen molar-refractivity contribution in [2.75, 3.05) is 26.5 Å². The van der Waals surface area contributed by atoms with E-state index < -0.39 is 0 Å². The summed E-state index contributed by atoms with van der Waals surface area (Å²) in [6, 6.07) is 9.35. The molecule has 3 aromatic rings. The Labute approximate surface area is 165 Å². The molecule has 0 amide bonds. The molecule has 144 valence electrons. The number of para-hydroxylation sites is 1. The first-order valence-corrected chi connectivity index (χ1v) is 9.48. The van der Waals surface area contributed by atoms with Crippen LogP contribution in [0.4, 0.5) is 0 Å². The first-order chi connectivity index (χ1) is 13.7. The Kier molecular flexibility index (Phi) is 5.11. The molecule has 0 spiro atoms. The van der Waals surface area contributed by atoms with Crippen molar-refractivity contribution >= 4 is 17.5 Å². The van der Waals surface area contributed by atoms with E-state index in [0.717, 1.165) is 11.5 Å². The fraction of sp³-hybridized carbons (Fsp3) is 0.278. The zero-order valence-electron chi connectivity index (χ0n) is 15.6. The smallest absolute Gasteiger partial charge is 0.205 e. The second-order valence-corrected chi connectivity index (χ2v) is 6.85. The molecule has 4 rings (SSSR count). The molecule has 0 saturated carbocycles. The van der Waals surface area contributed by atoms with Crippen molar-refractivity contribution in [3.63, 3.8) is 0 Å². The minimum atomic E-state index is 0.503. The lowest BCUT2D eigenvalue weighted by molar-refractivity contribution is 0.390. The highest BCUT2D eigenvalue weighted by atomic mass is 32.2. The van der Waals surface area contributed by atoms with Gasteiger partial charge in [-0.2, -0.15) is 5.11 Å². The van der Waals surface area contributed by atoms with E-state index in [2.05, 4.69) is 25.6 Å². The standard InChI is InChI=1S/C18H18N6O3S/c1-11-7-8-15(27-11)17-21-22-18(28-10-12-9-19-23-20-12)24(17)16-13(25-2)5-4-6-14(16)26-3/h4-8H,9-10H2,1-3H3. The Hall–Kier alpha value is -3.14. The summed E-state index contributed by atoms with van der Waals surface area (Å²) < 4.78 is 18.9. The Bertz CT molecular complexity index is 1030. The third kappa shape index (κ3) is 3.38. The maximum atomic E-state index is 5.80. The Morgan fingerprint density at radius 1 is 1.11 bits per heavy atom. The van der Waals surface area contributed by atoms with Gasteiger partial charge in [-0.3, -0.25) is 4.57 Å². The van der Waals surface area contributed by atoms with Crippen LogP contribution in [0.1, 0.15) is 5.76 Å². The van der Waals surface area contributed by atoms with Crippen LogP contribution in [0.15, 0.2) is 55.3 Å². The summed E-state index contributed by atoms with van der Waals surface area (Å²) in [7, 11) is 3.23. The number of furan rings is 1. The van der Waals surface area contributed by atoms with Gasteiger partial charge < -0.3 is 13.9 Å². The molecule has 1 aliphatic heterocycles. The van der Waals surface area contributed by atoms with E-state index in [1.807, 2.05) is 41.8 Å². The van der Waals surface area contributed by atoms with Crippen molar-refractivity contribution in [3.05, 3.63) is 36.1 Å². The highest BCUT2D eigenvalue weighted by molar-refractivity contribution is 7.99. The average molecular weight is 398 g/mol. The molecule has 0 aliphatic carbocycles. The molecule has 0 radical (unpaired) electrons. The van der Waals surface area contributed by atoms with Gasteiger partial charge in [-0.1, -0.05) is 17.8 Å². The van der Waals surface area contributed by atoms with Crippen LogP contribution >= 0.6 is 11.8 Å². The van der Waals surface area contributed by atoms with Crippen LogP contribution in [0.5, 0.6) is 11.5 Å². The predicted molar refractivity (Wildman–Crippen MR) is 105 cm³/mol. The molecular formula is C18H18N6O3S. The van der Waals surface area contributed by atoms with E-state index in [1.165, 1.54) is 11.8 Å². The number of methoxy groups -OCH3 is 2. The van der Waals surface area contributed by atoms with Crippen LogP contribution in [0.2, 0.25) is 0 Å². The predicted octanol–water partition coefficient (Wildman–Crippen LogP) is 3.77. The average Bonchev–Trinajstić information content (AvgIpc) is 3.46. The molecule has 28 heavy (non-hydrogen) atoms. The Morgan fingerprint density at radius 2 is 1.89 bits per heavy atom. The van der Waals surface area contributed by atoms with E-state index in [0.29, 0.717) is 46.2 Å². The second kappa shape index (κ2) is 7.85.